The van der Waals surface area contributed by atoms with Gasteiger partial charge in [0.05, 0.1) is 0 Å². The summed E-state index contributed by atoms with van der Waals surface area (Å²) in [5.41, 5.74) is 5.87. The summed E-state index contributed by atoms with van der Waals surface area (Å²) < 4.78 is 4.78. The van der Waals surface area contributed by atoms with Crippen LogP contribution in [0.2, 0.25) is 0 Å². The van der Waals surface area contributed by atoms with Gasteiger partial charge in [-0.3, -0.25) is 14.5 Å². The molecule has 0 saturated carbocycles. The highest BCUT2D eigenvalue weighted by Gasteiger charge is 2.35. The Morgan fingerprint density at radius 1 is 1.52 bits per heavy atom. The smallest absolute Gasteiger partial charge is 0.320 e. The van der Waals surface area contributed by atoms with Crippen LogP contribution in [0, 0.1) is 5.92 Å². The molecule has 1 saturated heterocycles. The van der Waals surface area contributed by atoms with Crippen molar-refractivity contribution in [2.24, 2.45) is 11.7 Å². The zero-order chi connectivity index (χ0) is 15.8. The lowest BCUT2D eigenvalue weighted by Gasteiger charge is -2.26. The molecule has 122 valence electrons. The molecule has 1 amide bonds. The summed E-state index contributed by atoms with van der Waals surface area (Å²) in [5, 5.41) is 12.1. The van der Waals surface area contributed by atoms with E-state index in [9.17, 15) is 14.7 Å². The van der Waals surface area contributed by atoms with Crippen molar-refractivity contribution in [2.45, 2.75) is 38.3 Å². The minimum Gasteiger partial charge on any atom is -0.480 e. The Balaban J connectivity index is 2.52. The van der Waals surface area contributed by atoms with Gasteiger partial charge in [-0.1, -0.05) is 13.3 Å². The number of ether oxygens (including phenoxy) is 1. The Morgan fingerprint density at radius 2 is 2.24 bits per heavy atom. The number of hydrogen-bond donors (Lipinski definition) is 3. The number of nitrogens with two attached hydrogens (primary N) is 1. The van der Waals surface area contributed by atoms with E-state index in [0.717, 1.165) is 12.8 Å². The summed E-state index contributed by atoms with van der Waals surface area (Å²) in [5.74, 6) is -0.740. The van der Waals surface area contributed by atoms with Gasteiger partial charge in [0, 0.05) is 32.8 Å². The number of carboxylic acid groups (broad SMARTS) is 1. The van der Waals surface area contributed by atoms with E-state index in [4.69, 9.17) is 10.5 Å². The Hall–Kier alpha value is -1.18. The molecule has 0 aromatic carbocycles. The van der Waals surface area contributed by atoms with Gasteiger partial charge in [0.25, 0.3) is 0 Å². The zero-order valence-electron chi connectivity index (χ0n) is 12.9. The van der Waals surface area contributed by atoms with Crippen molar-refractivity contribution in [1.82, 2.24) is 10.2 Å². The number of nitrogens with zero attached hydrogens (tertiary/aromatic N) is 1. The van der Waals surface area contributed by atoms with Crippen LogP contribution in [0.3, 0.4) is 0 Å². The number of nitrogens with one attached hydrogen (secondary N) is 1. The predicted molar refractivity (Wildman–Crippen MR) is 78.9 cm³/mol. The van der Waals surface area contributed by atoms with Crippen molar-refractivity contribution in [1.29, 1.82) is 0 Å². The maximum Gasteiger partial charge on any atom is 0.320 e. The van der Waals surface area contributed by atoms with Gasteiger partial charge in [-0.25, -0.2) is 0 Å². The van der Waals surface area contributed by atoms with Crippen LogP contribution >= 0.6 is 0 Å². The highest BCUT2D eigenvalue weighted by molar-refractivity contribution is 5.77. The van der Waals surface area contributed by atoms with Gasteiger partial charge >= 0.3 is 5.97 Å². The highest BCUT2D eigenvalue weighted by atomic mass is 16.5. The van der Waals surface area contributed by atoms with E-state index in [1.54, 1.807) is 0 Å². The monoisotopic (exact) mass is 301 g/mol. The number of carbonyl (C=O) groups is 2. The second kappa shape index (κ2) is 8.96. The minimum atomic E-state index is -0.818. The normalized spacial score (nSPS) is 24.0. The van der Waals surface area contributed by atoms with Gasteiger partial charge in [0.1, 0.15) is 12.6 Å². The molecule has 21 heavy (non-hydrogen) atoms. The number of carboxylic acids is 1. The molecule has 0 aromatic rings. The quantitative estimate of drug-likeness (QED) is 0.538. The molecule has 3 atom stereocenters. The second-order valence-corrected chi connectivity index (χ2v) is 5.70. The van der Waals surface area contributed by atoms with Crippen LogP contribution in [0.25, 0.3) is 0 Å². The second-order valence-electron chi connectivity index (χ2n) is 5.70. The molecule has 1 fully saturated rings. The van der Waals surface area contributed by atoms with Crippen LogP contribution in [0.1, 0.15) is 26.2 Å². The molecule has 0 radical (unpaired) electrons. The van der Waals surface area contributed by atoms with E-state index in [-0.39, 0.29) is 24.5 Å². The van der Waals surface area contributed by atoms with Gasteiger partial charge in [-0.2, -0.15) is 0 Å². The average molecular weight is 301 g/mol. The number of hydrogen-bond acceptors (Lipinski definition) is 5. The Kier molecular flexibility index (Phi) is 7.63. The third-order valence-electron chi connectivity index (χ3n) is 3.77. The first-order valence-corrected chi connectivity index (χ1v) is 7.46. The molecular weight excluding hydrogens is 274 g/mol. The van der Waals surface area contributed by atoms with E-state index in [1.807, 2.05) is 4.90 Å². The van der Waals surface area contributed by atoms with E-state index in [1.165, 1.54) is 7.11 Å². The van der Waals surface area contributed by atoms with Gasteiger partial charge in [0.15, 0.2) is 0 Å². The summed E-state index contributed by atoms with van der Waals surface area (Å²) in [6.07, 6.45) is 2.41. The van der Waals surface area contributed by atoms with Crippen molar-refractivity contribution in [3.8, 4) is 0 Å². The number of carbonyl (C=O) groups excluding carboxylic acids is 1. The molecule has 1 rings (SSSR count). The summed E-state index contributed by atoms with van der Waals surface area (Å²) in [4.78, 5) is 24.6. The molecule has 0 bridgehead atoms. The third kappa shape index (κ3) is 5.99. The lowest BCUT2D eigenvalue weighted by molar-refractivity contribution is -0.142. The van der Waals surface area contributed by atoms with Crippen LogP contribution in [-0.4, -0.2) is 67.3 Å². The minimum absolute atomic E-state index is 0.0468. The fourth-order valence-electron chi connectivity index (χ4n) is 2.84. The fourth-order valence-corrected chi connectivity index (χ4v) is 2.84. The van der Waals surface area contributed by atoms with E-state index in [2.05, 4.69) is 12.2 Å². The number of methoxy groups -OCH3 is 1. The topological polar surface area (TPSA) is 105 Å². The zero-order valence-corrected chi connectivity index (χ0v) is 12.9. The van der Waals surface area contributed by atoms with Crippen LogP contribution in [-0.2, 0) is 14.3 Å². The first-order valence-electron chi connectivity index (χ1n) is 7.46. The fraction of sp³-hybridized carbons (Fsp3) is 0.857. The molecule has 1 unspecified atom stereocenters. The van der Waals surface area contributed by atoms with Crippen molar-refractivity contribution < 1.29 is 19.4 Å². The van der Waals surface area contributed by atoms with Gasteiger partial charge < -0.3 is 20.9 Å². The summed E-state index contributed by atoms with van der Waals surface area (Å²) in [6, 6.07) is -0.592. The van der Waals surface area contributed by atoms with Crippen molar-refractivity contribution in [3.63, 3.8) is 0 Å². The molecule has 1 aliphatic heterocycles. The number of likely N-dealkylation sites (tertiary alicyclic amines) is 1. The number of aliphatic carboxylic acids is 1. The molecule has 7 heteroatoms. The van der Waals surface area contributed by atoms with E-state index >= 15 is 0 Å². The molecule has 0 spiro atoms. The average Bonchev–Trinajstić information content (AvgIpc) is 2.78. The Morgan fingerprint density at radius 3 is 2.81 bits per heavy atom. The standard InChI is InChI=1S/C14H27N3O4/c1-3-4-10(6-16-13(18)9-21-2)7-17-8-11(15)5-12(17)14(19)20/h10-12H,3-9,15H2,1-2H3,(H,16,18)(H,19,20)/t10?,11-,12-/m1/s1. The molecule has 1 aliphatic rings. The Bertz CT molecular complexity index is 351. The molecule has 0 aromatic heterocycles. The molecule has 7 nitrogen and oxygen atoms in total. The lowest BCUT2D eigenvalue weighted by atomic mass is 10.0. The van der Waals surface area contributed by atoms with Gasteiger partial charge in [-0.05, 0) is 18.8 Å². The highest BCUT2D eigenvalue weighted by Crippen LogP contribution is 2.20. The third-order valence-corrected chi connectivity index (χ3v) is 3.77. The van der Waals surface area contributed by atoms with E-state index in [0.29, 0.717) is 26.1 Å². The van der Waals surface area contributed by atoms with Gasteiger partial charge in [0.2, 0.25) is 5.91 Å². The molecule has 1 heterocycles. The van der Waals surface area contributed by atoms with E-state index < -0.39 is 12.0 Å². The first kappa shape index (κ1) is 17.9. The van der Waals surface area contributed by atoms with Crippen LogP contribution in [0.15, 0.2) is 0 Å². The number of amides is 1. The van der Waals surface area contributed by atoms with Crippen molar-refractivity contribution in [3.05, 3.63) is 0 Å². The molecule has 4 N–H and O–H groups in total. The SMILES string of the molecule is CCCC(CNC(=O)COC)CN1C[C@H](N)C[C@@H]1C(=O)O. The maximum absolute atomic E-state index is 11.4. The first-order chi connectivity index (χ1) is 9.97. The lowest BCUT2D eigenvalue weighted by Crippen LogP contribution is -2.42. The molecule has 0 aliphatic carbocycles. The largest absolute Gasteiger partial charge is 0.480 e. The summed E-state index contributed by atoms with van der Waals surface area (Å²) in [7, 11) is 1.48. The predicted octanol–water partition coefficient (Wildman–Crippen LogP) is -0.348. The van der Waals surface area contributed by atoms with Crippen molar-refractivity contribution >= 4 is 11.9 Å². The van der Waals surface area contributed by atoms with Gasteiger partial charge in [-0.15, -0.1) is 0 Å². The van der Waals surface area contributed by atoms with Crippen molar-refractivity contribution in [2.75, 3.05) is 33.4 Å². The Labute approximate surface area is 125 Å². The summed E-state index contributed by atoms with van der Waals surface area (Å²) >= 11 is 0. The van der Waals surface area contributed by atoms with Crippen LogP contribution < -0.4 is 11.1 Å². The van der Waals surface area contributed by atoms with Crippen LogP contribution in [0.4, 0.5) is 0 Å². The van der Waals surface area contributed by atoms with Crippen LogP contribution in [0.5, 0.6) is 0 Å². The maximum atomic E-state index is 11.4. The molecular formula is C14H27N3O4. The summed E-state index contributed by atoms with van der Waals surface area (Å²) in [6.45, 7) is 3.91. The number of rotatable bonds is 9.